The second kappa shape index (κ2) is 7.53. The van der Waals surface area contributed by atoms with E-state index in [-0.39, 0.29) is 11.2 Å². The predicted octanol–water partition coefficient (Wildman–Crippen LogP) is 3.72. The summed E-state index contributed by atoms with van der Waals surface area (Å²) in [5.41, 5.74) is 1.87. The van der Waals surface area contributed by atoms with Gasteiger partial charge in [-0.05, 0) is 38.1 Å². The normalized spacial score (nSPS) is 12.0. The van der Waals surface area contributed by atoms with Crippen LogP contribution in [0.3, 0.4) is 0 Å². The van der Waals surface area contributed by atoms with E-state index in [0.717, 1.165) is 17.2 Å². The van der Waals surface area contributed by atoms with E-state index in [1.807, 2.05) is 79.1 Å². The molecule has 1 aromatic heterocycles. The summed E-state index contributed by atoms with van der Waals surface area (Å²) in [6.07, 6.45) is 0. The van der Waals surface area contributed by atoms with Crippen LogP contribution in [0.1, 0.15) is 12.7 Å². The molecule has 1 heterocycles. The lowest BCUT2D eigenvalue weighted by Gasteiger charge is -2.21. The molecule has 0 saturated carbocycles. The molecule has 0 N–H and O–H groups in total. The Labute approximate surface area is 151 Å². The van der Waals surface area contributed by atoms with Gasteiger partial charge in [0.05, 0.1) is 5.25 Å². The summed E-state index contributed by atoms with van der Waals surface area (Å²) < 4.78 is 1.97. The third-order valence-electron chi connectivity index (χ3n) is 3.91. The van der Waals surface area contributed by atoms with Crippen molar-refractivity contribution >= 4 is 23.4 Å². The van der Waals surface area contributed by atoms with E-state index >= 15 is 0 Å². The van der Waals surface area contributed by atoms with Crippen molar-refractivity contribution in [3.63, 3.8) is 0 Å². The topological polar surface area (TPSA) is 51.0 Å². The van der Waals surface area contributed by atoms with Gasteiger partial charge in [0.25, 0.3) is 0 Å². The average molecular weight is 352 g/mol. The molecule has 5 nitrogen and oxygen atoms in total. The molecular formula is C19H20N4OS. The summed E-state index contributed by atoms with van der Waals surface area (Å²) in [6, 6.07) is 19.5. The van der Waals surface area contributed by atoms with Crippen LogP contribution in [0.15, 0.2) is 65.8 Å². The lowest BCUT2D eigenvalue weighted by molar-refractivity contribution is -0.117. The highest BCUT2D eigenvalue weighted by Gasteiger charge is 2.23. The lowest BCUT2D eigenvalue weighted by atomic mass is 10.3. The molecule has 2 aromatic carbocycles. The van der Waals surface area contributed by atoms with Crippen molar-refractivity contribution in [1.82, 2.24) is 14.8 Å². The van der Waals surface area contributed by atoms with Gasteiger partial charge in [-0.15, -0.1) is 10.2 Å². The number of aryl methyl sites for hydroxylation is 1. The minimum absolute atomic E-state index is 0.0245. The molecule has 0 aliphatic rings. The molecule has 0 fully saturated rings. The number of hydrogen-bond acceptors (Lipinski definition) is 4. The molecule has 0 unspecified atom stereocenters. The number of anilines is 1. The standard InChI is InChI=1S/C19H20N4OS/c1-14(18(24)22(3)16-10-6-4-7-11-16)25-19-21-20-15(2)23(19)17-12-8-5-9-13-17/h4-14H,1-3H3/t14-/m1/s1. The van der Waals surface area contributed by atoms with Gasteiger partial charge in [0, 0.05) is 18.4 Å². The molecule has 0 aliphatic heterocycles. The van der Waals surface area contributed by atoms with Gasteiger partial charge in [-0.25, -0.2) is 0 Å². The number of carbonyl (C=O) groups is 1. The average Bonchev–Trinajstić information content (AvgIpc) is 3.02. The van der Waals surface area contributed by atoms with Crippen LogP contribution in [0, 0.1) is 6.92 Å². The molecule has 3 rings (SSSR count). The van der Waals surface area contributed by atoms with Crippen molar-refractivity contribution in [2.45, 2.75) is 24.3 Å². The number of thioether (sulfide) groups is 1. The fourth-order valence-electron chi connectivity index (χ4n) is 2.55. The predicted molar refractivity (Wildman–Crippen MR) is 101 cm³/mol. The number of rotatable bonds is 5. The van der Waals surface area contributed by atoms with Crippen LogP contribution in [0.2, 0.25) is 0 Å². The first-order valence-electron chi connectivity index (χ1n) is 8.04. The Bertz CT molecular complexity index is 848. The molecule has 1 amide bonds. The van der Waals surface area contributed by atoms with E-state index in [4.69, 9.17) is 0 Å². The number of para-hydroxylation sites is 2. The molecule has 0 radical (unpaired) electrons. The molecular weight excluding hydrogens is 332 g/mol. The molecule has 6 heteroatoms. The summed E-state index contributed by atoms with van der Waals surface area (Å²) in [5.74, 6) is 0.821. The number of amides is 1. The van der Waals surface area contributed by atoms with Crippen molar-refractivity contribution in [1.29, 1.82) is 0 Å². The van der Waals surface area contributed by atoms with Gasteiger partial charge in [-0.1, -0.05) is 48.2 Å². The summed E-state index contributed by atoms with van der Waals surface area (Å²) in [4.78, 5) is 14.4. The zero-order chi connectivity index (χ0) is 17.8. The van der Waals surface area contributed by atoms with Crippen LogP contribution >= 0.6 is 11.8 Å². The highest BCUT2D eigenvalue weighted by molar-refractivity contribution is 8.00. The van der Waals surface area contributed by atoms with Crippen molar-refractivity contribution in [2.24, 2.45) is 0 Å². The monoisotopic (exact) mass is 352 g/mol. The van der Waals surface area contributed by atoms with Gasteiger partial charge < -0.3 is 4.90 Å². The molecule has 0 spiro atoms. The Hall–Kier alpha value is -2.60. The molecule has 3 aromatic rings. The molecule has 128 valence electrons. The smallest absolute Gasteiger partial charge is 0.240 e. The second-order valence-corrected chi connectivity index (χ2v) is 7.00. The highest BCUT2D eigenvalue weighted by Crippen LogP contribution is 2.27. The summed E-state index contributed by atoms with van der Waals surface area (Å²) in [7, 11) is 1.79. The maximum Gasteiger partial charge on any atom is 0.240 e. The van der Waals surface area contributed by atoms with E-state index in [2.05, 4.69) is 10.2 Å². The Kier molecular flexibility index (Phi) is 5.19. The third kappa shape index (κ3) is 3.74. The van der Waals surface area contributed by atoms with E-state index < -0.39 is 0 Å². The van der Waals surface area contributed by atoms with Gasteiger partial charge in [0.1, 0.15) is 5.82 Å². The van der Waals surface area contributed by atoms with Gasteiger partial charge in [0.15, 0.2) is 5.16 Å². The number of nitrogens with zero attached hydrogens (tertiary/aromatic N) is 4. The van der Waals surface area contributed by atoms with Gasteiger partial charge in [-0.2, -0.15) is 0 Å². The SMILES string of the molecule is Cc1nnc(S[C@H](C)C(=O)N(C)c2ccccc2)n1-c1ccccc1. The zero-order valence-electron chi connectivity index (χ0n) is 14.5. The fourth-order valence-corrected chi connectivity index (χ4v) is 3.56. The fraction of sp³-hybridized carbons (Fsp3) is 0.211. The van der Waals surface area contributed by atoms with E-state index in [1.165, 1.54) is 11.8 Å². The first-order chi connectivity index (χ1) is 12.1. The Morgan fingerprint density at radius 2 is 1.64 bits per heavy atom. The van der Waals surface area contributed by atoms with Crippen molar-refractivity contribution in [3.8, 4) is 5.69 Å². The van der Waals surface area contributed by atoms with E-state index in [1.54, 1.807) is 11.9 Å². The lowest BCUT2D eigenvalue weighted by Crippen LogP contribution is -2.33. The molecule has 0 bridgehead atoms. The van der Waals surface area contributed by atoms with Crippen LogP contribution in [0.5, 0.6) is 0 Å². The molecule has 1 atom stereocenters. The van der Waals surface area contributed by atoms with Crippen LogP contribution in [-0.4, -0.2) is 33.0 Å². The Morgan fingerprint density at radius 1 is 1.04 bits per heavy atom. The van der Waals surface area contributed by atoms with E-state index in [0.29, 0.717) is 5.16 Å². The van der Waals surface area contributed by atoms with Crippen LogP contribution in [-0.2, 0) is 4.79 Å². The zero-order valence-corrected chi connectivity index (χ0v) is 15.3. The van der Waals surface area contributed by atoms with Gasteiger partial charge in [0.2, 0.25) is 5.91 Å². The first-order valence-corrected chi connectivity index (χ1v) is 8.92. The summed E-state index contributed by atoms with van der Waals surface area (Å²) in [6.45, 7) is 3.80. The molecule has 25 heavy (non-hydrogen) atoms. The molecule has 0 saturated heterocycles. The second-order valence-electron chi connectivity index (χ2n) is 5.69. The number of aromatic nitrogens is 3. The largest absolute Gasteiger partial charge is 0.315 e. The maximum absolute atomic E-state index is 12.8. The van der Waals surface area contributed by atoms with Crippen molar-refractivity contribution in [3.05, 3.63) is 66.5 Å². The highest BCUT2D eigenvalue weighted by atomic mass is 32.2. The Morgan fingerprint density at radius 3 is 2.28 bits per heavy atom. The van der Waals surface area contributed by atoms with Crippen LogP contribution in [0.25, 0.3) is 5.69 Å². The van der Waals surface area contributed by atoms with Gasteiger partial charge >= 0.3 is 0 Å². The van der Waals surface area contributed by atoms with Gasteiger partial charge in [-0.3, -0.25) is 9.36 Å². The maximum atomic E-state index is 12.8. The van der Waals surface area contributed by atoms with Crippen LogP contribution < -0.4 is 4.90 Å². The summed E-state index contributed by atoms with van der Waals surface area (Å²) >= 11 is 1.42. The summed E-state index contributed by atoms with van der Waals surface area (Å²) in [5, 5.41) is 8.86. The molecule has 0 aliphatic carbocycles. The van der Waals surface area contributed by atoms with E-state index in [9.17, 15) is 4.79 Å². The quantitative estimate of drug-likeness (QED) is 0.657. The third-order valence-corrected chi connectivity index (χ3v) is 4.94. The van der Waals surface area contributed by atoms with Crippen molar-refractivity contribution < 1.29 is 4.79 Å². The Balaban J connectivity index is 1.80. The first kappa shape index (κ1) is 17.2. The minimum Gasteiger partial charge on any atom is -0.315 e. The number of benzene rings is 2. The minimum atomic E-state index is -0.281. The number of carbonyl (C=O) groups excluding carboxylic acids is 1. The van der Waals surface area contributed by atoms with Crippen molar-refractivity contribution in [2.75, 3.05) is 11.9 Å². The van der Waals surface area contributed by atoms with Crippen LogP contribution in [0.4, 0.5) is 5.69 Å². The number of hydrogen-bond donors (Lipinski definition) is 0.